The highest BCUT2D eigenvalue weighted by Crippen LogP contribution is 2.23. The number of aryl methyl sites for hydroxylation is 1. The molecule has 1 fully saturated rings. The van der Waals surface area contributed by atoms with Gasteiger partial charge in [-0.05, 0) is 6.07 Å². The van der Waals surface area contributed by atoms with Crippen LogP contribution in [0.15, 0.2) is 24.3 Å². The van der Waals surface area contributed by atoms with Crippen LogP contribution in [0.2, 0.25) is 0 Å². The molecule has 1 saturated heterocycles. The SMILES string of the molecule is Cn1nc(CNCC2CSCCS2)c2ccccc21. The average Bonchev–Trinajstić information content (AvgIpc) is 2.78. The zero-order valence-corrected chi connectivity index (χ0v) is 12.8. The molecule has 0 amide bonds. The van der Waals surface area contributed by atoms with Crippen molar-refractivity contribution in [3.8, 4) is 0 Å². The molecule has 1 aliphatic rings. The standard InChI is InChI=1S/C14H19N3S2/c1-17-14-5-3-2-4-12(14)13(16-17)9-15-8-11-10-18-6-7-19-11/h2-5,11,15H,6-10H2,1H3. The summed E-state index contributed by atoms with van der Waals surface area (Å²) >= 11 is 4.17. The van der Waals surface area contributed by atoms with E-state index in [1.165, 1.54) is 28.2 Å². The molecule has 0 radical (unpaired) electrons. The maximum absolute atomic E-state index is 4.61. The second-order valence-corrected chi connectivity index (χ2v) is 7.34. The number of hydrogen-bond acceptors (Lipinski definition) is 4. The molecule has 0 saturated carbocycles. The zero-order valence-electron chi connectivity index (χ0n) is 11.1. The highest BCUT2D eigenvalue weighted by molar-refractivity contribution is 8.06. The molecular formula is C14H19N3S2. The van der Waals surface area contributed by atoms with Crippen molar-refractivity contribution in [2.75, 3.05) is 23.8 Å². The summed E-state index contributed by atoms with van der Waals surface area (Å²) in [6.45, 7) is 1.95. The van der Waals surface area contributed by atoms with Gasteiger partial charge < -0.3 is 5.32 Å². The average molecular weight is 293 g/mol. The zero-order chi connectivity index (χ0) is 13.1. The predicted molar refractivity (Wildman–Crippen MR) is 86.0 cm³/mol. The van der Waals surface area contributed by atoms with E-state index in [1.807, 2.05) is 11.7 Å². The quantitative estimate of drug-likeness (QED) is 0.938. The van der Waals surface area contributed by atoms with Crippen LogP contribution in [0.5, 0.6) is 0 Å². The summed E-state index contributed by atoms with van der Waals surface area (Å²) in [6.07, 6.45) is 0. The third-order valence-corrected chi connectivity index (χ3v) is 6.23. The van der Waals surface area contributed by atoms with E-state index in [0.717, 1.165) is 24.0 Å². The van der Waals surface area contributed by atoms with Crippen LogP contribution < -0.4 is 5.32 Å². The third-order valence-electron chi connectivity index (χ3n) is 3.38. The van der Waals surface area contributed by atoms with E-state index < -0.39 is 0 Å². The molecule has 5 heteroatoms. The lowest BCUT2D eigenvalue weighted by Gasteiger charge is -2.20. The third kappa shape index (κ3) is 3.09. The van der Waals surface area contributed by atoms with Gasteiger partial charge in [0, 0.05) is 48.0 Å². The lowest BCUT2D eigenvalue weighted by molar-refractivity contribution is 0.659. The molecule has 19 heavy (non-hydrogen) atoms. The molecule has 0 aliphatic carbocycles. The van der Waals surface area contributed by atoms with Crippen molar-refractivity contribution in [3.05, 3.63) is 30.0 Å². The number of nitrogens with zero attached hydrogens (tertiary/aromatic N) is 2. The number of hydrogen-bond donors (Lipinski definition) is 1. The first kappa shape index (κ1) is 13.3. The van der Waals surface area contributed by atoms with E-state index in [0.29, 0.717) is 0 Å². The van der Waals surface area contributed by atoms with Gasteiger partial charge in [0.1, 0.15) is 0 Å². The molecule has 1 aromatic heterocycles. The molecule has 1 aromatic carbocycles. The fourth-order valence-corrected chi connectivity index (χ4v) is 5.07. The van der Waals surface area contributed by atoms with Crippen molar-refractivity contribution >= 4 is 34.4 Å². The van der Waals surface area contributed by atoms with Crippen molar-refractivity contribution in [3.63, 3.8) is 0 Å². The molecule has 3 nitrogen and oxygen atoms in total. The Morgan fingerprint density at radius 1 is 1.37 bits per heavy atom. The van der Waals surface area contributed by atoms with Gasteiger partial charge in [0.2, 0.25) is 0 Å². The summed E-state index contributed by atoms with van der Waals surface area (Å²) < 4.78 is 1.97. The largest absolute Gasteiger partial charge is 0.310 e. The van der Waals surface area contributed by atoms with Gasteiger partial charge in [0.25, 0.3) is 0 Å². The van der Waals surface area contributed by atoms with Crippen LogP contribution in [-0.4, -0.2) is 38.8 Å². The number of thioether (sulfide) groups is 2. The van der Waals surface area contributed by atoms with Gasteiger partial charge >= 0.3 is 0 Å². The van der Waals surface area contributed by atoms with E-state index in [9.17, 15) is 0 Å². The summed E-state index contributed by atoms with van der Waals surface area (Å²) in [6, 6.07) is 8.43. The maximum atomic E-state index is 4.61. The van der Waals surface area contributed by atoms with E-state index >= 15 is 0 Å². The normalized spacial score (nSPS) is 19.9. The first-order valence-electron chi connectivity index (χ1n) is 6.65. The van der Waals surface area contributed by atoms with E-state index in [-0.39, 0.29) is 0 Å². The predicted octanol–water partition coefficient (Wildman–Crippen LogP) is 2.51. The van der Waals surface area contributed by atoms with Crippen LogP contribution in [0.4, 0.5) is 0 Å². The van der Waals surface area contributed by atoms with Gasteiger partial charge in [-0.1, -0.05) is 18.2 Å². The van der Waals surface area contributed by atoms with Crippen molar-refractivity contribution < 1.29 is 0 Å². The Kier molecular flexibility index (Phi) is 4.35. The Morgan fingerprint density at radius 3 is 3.11 bits per heavy atom. The monoisotopic (exact) mass is 293 g/mol. The van der Waals surface area contributed by atoms with Crippen LogP contribution in [0, 0.1) is 0 Å². The van der Waals surface area contributed by atoms with Crippen LogP contribution in [-0.2, 0) is 13.6 Å². The summed E-state index contributed by atoms with van der Waals surface area (Å²) in [5.74, 6) is 3.89. The molecule has 1 unspecified atom stereocenters. The summed E-state index contributed by atoms with van der Waals surface area (Å²) in [4.78, 5) is 0. The van der Waals surface area contributed by atoms with Gasteiger partial charge in [0.15, 0.2) is 0 Å². The Balaban J connectivity index is 1.62. The lowest BCUT2D eigenvalue weighted by atomic mass is 10.2. The van der Waals surface area contributed by atoms with Gasteiger partial charge in [-0.25, -0.2) is 0 Å². The minimum atomic E-state index is 0.758. The molecule has 0 spiro atoms. The number of benzene rings is 1. The Morgan fingerprint density at radius 2 is 2.26 bits per heavy atom. The van der Waals surface area contributed by atoms with Crippen molar-refractivity contribution in [2.45, 2.75) is 11.8 Å². The second kappa shape index (κ2) is 6.20. The number of para-hydroxylation sites is 1. The molecule has 0 bridgehead atoms. The smallest absolute Gasteiger partial charge is 0.0841 e. The Bertz CT molecular complexity index is 547. The van der Waals surface area contributed by atoms with Crippen molar-refractivity contribution in [1.82, 2.24) is 15.1 Å². The molecule has 2 aromatic rings. The van der Waals surface area contributed by atoms with Gasteiger partial charge in [-0.2, -0.15) is 28.6 Å². The van der Waals surface area contributed by atoms with Crippen molar-refractivity contribution in [1.29, 1.82) is 0 Å². The number of rotatable bonds is 4. The Hall–Kier alpha value is -0.650. The number of aromatic nitrogens is 2. The van der Waals surface area contributed by atoms with Gasteiger partial charge in [0.05, 0.1) is 11.2 Å². The minimum Gasteiger partial charge on any atom is -0.310 e. The Labute approximate surface area is 122 Å². The fourth-order valence-electron chi connectivity index (χ4n) is 2.43. The molecule has 1 atom stereocenters. The first-order chi connectivity index (χ1) is 9.34. The van der Waals surface area contributed by atoms with Crippen LogP contribution in [0.25, 0.3) is 10.9 Å². The lowest BCUT2D eigenvalue weighted by Crippen LogP contribution is -2.28. The second-order valence-electron chi connectivity index (χ2n) is 4.79. The van der Waals surface area contributed by atoms with Crippen LogP contribution in [0.1, 0.15) is 5.69 Å². The van der Waals surface area contributed by atoms with E-state index in [4.69, 9.17) is 0 Å². The maximum Gasteiger partial charge on any atom is 0.0841 e. The highest BCUT2D eigenvalue weighted by atomic mass is 32.2. The summed E-state index contributed by atoms with van der Waals surface area (Å²) in [5, 5.41) is 10.2. The molecule has 1 N–H and O–H groups in total. The molecule has 3 rings (SSSR count). The van der Waals surface area contributed by atoms with Gasteiger partial charge in [-0.15, -0.1) is 0 Å². The molecule has 102 valence electrons. The molecule has 2 heterocycles. The van der Waals surface area contributed by atoms with Crippen LogP contribution >= 0.6 is 23.5 Å². The summed E-state index contributed by atoms with van der Waals surface area (Å²) in [5.41, 5.74) is 2.37. The van der Waals surface area contributed by atoms with E-state index in [2.05, 4.69) is 58.2 Å². The molecular weight excluding hydrogens is 274 g/mol. The minimum absolute atomic E-state index is 0.758. The van der Waals surface area contributed by atoms with Crippen molar-refractivity contribution in [2.24, 2.45) is 7.05 Å². The van der Waals surface area contributed by atoms with Gasteiger partial charge in [-0.3, -0.25) is 4.68 Å². The fraction of sp³-hybridized carbons (Fsp3) is 0.500. The topological polar surface area (TPSA) is 29.9 Å². The summed E-state index contributed by atoms with van der Waals surface area (Å²) in [7, 11) is 2.01. The number of fused-ring (bicyclic) bond motifs is 1. The van der Waals surface area contributed by atoms with Crippen LogP contribution in [0.3, 0.4) is 0 Å². The first-order valence-corrected chi connectivity index (χ1v) is 8.85. The number of nitrogens with one attached hydrogen (secondary N) is 1. The molecule has 1 aliphatic heterocycles. The highest BCUT2D eigenvalue weighted by Gasteiger charge is 2.14. The van der Waals surface area contributed by atoms with E-state index in [1.54, 1.807) is 0 Å².